The number of carboxylic acid groups (broad SMARTS) is 1. The third-order valence-electron chi connectivity index (χ3n) is 4.28. The molecule has 22 heavy (non-hydrogen) atoms. The van der Waals surface area contributed by atoms with E-state index in [1.807, 2.05) is 6.07 Å². The number of hydrogen-bond acceptors (Lipinski definition) is 2. The van der Waals surface area contributed by atoms with Crippen molar-refractivity contribution >= 4 is 12.0 Å². The SMILES string of the molecule is CN(CCC(=O)O)C(=O)NC1CCCC(c2ccccc2)C1. The summed E-state index contributed by atoms with van der Waals surface area (Å²) in [5.41, 5.74) is 1.33. The van der Waals surface area contributed by atoms with E-state index in [0.29, 0.717) is 5.92 Å². The number of nitrogens with one attached hydrogen (secondary N) is 1. The summed E-state index contributed by atoms with van der Waals surface area (Å²) >= 11 is 0. The first-order valence-corrected chi connectivity index (χ1v) is 7.84. The molecule has 0 radical (unpaired) electrons. The summed E-state index contributed by atoms with van der Waals surface area (Å²) in [5.74, 6) is -0.397. The lowest BCUT2D eigenvalue weighted by molar-refractivity contribution is -0.137. The molecule has 0 aliphatic heterocycles. The summed E-state index contributed by atoms with van der Waals surface area (Å²) in [4.78, 5) is 24.1. The quantitative estimate of drug-likeness (QED) is 0.879. The van der Waals surface area contributed by atoms with Crippen molar-refractivity contribution in [3.63, 3.8) is 0 Å². The fourth-order valence-corrected chi connectivity index (χ4v) is 3.00. The van der Waals surface area contributed by atoms with E-state index in [0.717, 1.165) is 25.7 Å². The van der Waals surface area contributed by atoms with Crippen molar-refractivity contribution in [1.82, 2.24) is 10.2 Å². The predicted molar refractivity (Wildman–Crippen MR) is 84.9 cm³/mol. The molecule has 1 aromatic rings. The Bertz CT molecular complexity index is 504. The number of carbonyl (C=O) groups excluding carboxylic acids is 1. The number of carbonyl (C=O) groups is 2. The Balaban J connectivity index is 1.85. The molecule has 1 fully saturated rings. The highest BCUT2D eigenvalue weighted by molar-refractivity contribution is 5.75. The van der Waals surface area contributed by atoms with Crippen molar-refractivity contribution in [2.45, 2.75) is 44.1 Å². The van der Waals surface area contributed by atoms with Crippen LogP contribution in [-0.2, 0) is 4.79 Å². The van der Waals surface area contributed by atoms with Gasteiger partial charge in [-0.15, -0.1) is 0 Å². The van der Waals surface area contributed by atoms with Gasteiger partial charge in [0.05, 0.1) is 6.42 Å². The van der Waals surface area contributed by atoms with Gasteiger partial charge in [0.25, 0.3) is 0 Å². The Morgan fingerprint density at radius 3 is 2.68 bits per heavy atom. The molecule has 2 N–H and O–H groups in total. The zero-order valence-electron chi connectivity index (χ0n) is 13.0. The second kappa shape index (κ2) is 7.82. The van der Waals surface area contributed by atoms with Crippen LogP contribution in [0.25, 0.3) is 0 Å². The molecule has 2 amide bonds. The molecule has 0 bridgehead atoms. The monoisotopic (exact) mass is 304 g/mol. The van der Waals surface area contributed by atoms with Crippen LogP contribution in [0, 0.1) is 0 Å². The van der Waals surface area contributed by atoms with E-state index >= 15 is 0 Å². The van der Waals surface area contributed by atoms with Crippen molar-refractivity contribution < 1.29 is 14.7 Å². The van der Waals surface area contributed by atoms with Gasteiger partial charge in [-0.25, -0.2) is 4.79 Å². The number of carboxylic acids is 1. The summed E-state index contributed by atoms with van der Waals surface area (Å²) < 4.78 is 0. The van der Waals surface area contributed by atoms with Crippen LogP contribution in [0.1, 0.15) is 43.6 Å². The molecule has 1 aliphatic rings. The van der Waals surface area contributed by atoms with E-state index in [1.54, 1.807) is 7.05 Å². The van der Waals surface area contributed by atoms with Gasteiger partial charge in [0.2, 0.25) is 0 Å². The summed E-state index contributed by atoms with van der Waals surface area (Å²) in [5, 5.41) is 11.7. The van der Waals surface area contributed by atoms with E-state index in [4.69, 9.17) is 5.11 Å². The molecule has 2 rings (SSSR count). The number of rotatable bonds is 5. The normalized spacial score (nSPS) is 21.1. The fourth-order valence-electron chi connectivity index (χ4n) is 3.00. The number of aliphatic carboxylic acids is 1. The second-order valence-corrected chi connectivity index (χ2v) is 5.99. The minimum Gasteiger partial charge on any atom is -0.481 e. The first-order chi connectivity index (χ1) is 10.6. The van der Waals surface area contributed by atoms with E-state index in [9.17, 15) is 9.59 Å². The van der Waals surface area contributed by atoms with Gasteiger partial charge < -0.3 is 15.3 Å². The largest absolute Gasteiger partial charge is 0.481 e. The molecule has 1 saturated carbocycles. The minimum absolute atomic E-state index is 0.0266. The van der Waals surface area contributed by atoms with Crippen LogP contribution >= 0.6 is 0 Å². The lowest BCUT2D eigenvalue weighted by Crippen LogP contribution is -2.45. The van der Waals surface area contributed by atoms with Crippen LogP contribution < -0.4 is 5.32 Å². The van der Waals surface area contributed by atoms with Crippen LogP contribution in [0.3, 0.4) is 0 Å². The smallest absolute Gasteiger partial charge is 0.317 e. The Morgan fingerprint density at radius 2 is 2.00 bits per heavy atom. The molecule has 0 saturated heterocycles. The zero-order valence-corrected chi connectivity index (χ0v) is 13.0. The highest BCUT2D eigenvalue weighted by Gasteiger charge is 2.25. The highest BCUT2D eigenvalue weighted by atomic mass is 16.4. The van der Waals surface area contributed by atoms with Crippen LogP contribution in [0.4, 0.5) is 4.79 Å². The van der Waals surface area contributed by atoms with E-state index < -0.39 is 5.97 Å². The number of hydrogen-bond donors (Lipinski definition) is 2. The highest BCUT2D eigenvalue weighted by Crippen LogP contribution is 2.32. The predicted octanol–water partition coefficient (Wildman–Crippen LogP) is 2.83. The maximum Gasteiger partial charge on any atom is 0.317 e. The maximum atomic E-state index is 12.1. The summed E-state index contributed by atoms with van der Waals surface area (Å²) in [6.07, 6.45) is 4.17. The van der Waals surface area contributed by atoms with Gasteiger partial charge in [0, 0.05) is 19.6 Å². The summed E-state index contributed by atoms with van der Waals surface area (Å²) in [6.45, 7) is 0.232. The molecule has 1 aliphatic carbocycles. The Hall–Kier alpha value is -2.04. The number of nitrogens with zero attached hydrogens (tertiary/aromatic N) is 1. The molecular weight excluding hydrogens is 280 g/mol. The molecule has 5 nitrogen and oxygen atoms in total. The van der Waals surface area contributed by atoms with Crippen molar-refractivity contribution in [3.05, 3.63) is 35.9 Å². The minimum atomic E-state index is -0.888. The molecular formula is C17H24N2O3. The maximum absolute atomic E-state index is 12.1. The number of urea groups is 1. The molecule has 0 heterocycles. The Kier molecular flexibility index (Phi) is 5.81. The van der Waals surface area contributed by atoms with Gasteiger partial charge in [-0.05, 0) is 30.7 Å². The Labute approximate surface area is 131 Å². The van der Waals surface area contributed by atoms with Gasteiger partial charge in [-0.1, -0.05) is 36.8 Å². The first-order valence-electron chi connectivity index (χ1n) is 7.84. The summed E-state index contributed by atoms with van der Waals surface area (Å²) in [7, 11) is 1.63. The molecule has 0 aromatic heterocycles. The Morgan fingerprint density at radius 1 is 1.27 bits per heavy atom. The molecule has 120 valence electrons. The van der Waals surface area contributed by atoms with Gasteiger partial charge in [-0.2, -0.15) is 0 Å². The lowest BCUT2D eigenvalue weighted by atomic mass is 9.81. The third-order valence-corrected chi connectivity index (χ3v) is 4.28. The van der Waals surface area contributed by atoms with Crippen molar-refractivity contribution in [2.75, 3.05) is 13.6 Å². The third kappa shape index (κ3) is 4.76. The molecule has 5 heteroatoms. The molecule has 2 atom stereocenters. The van der Waals surface area contributed by atoms with Gasteiger partial charge in [-0.3, -0.25) is 4.79 Å². The van der Waals surface area contributed by atoms with Crippen LogP contribution in [0.2, 0.25) is 0 Å². The van der Waals surface area contributed by atoms with E-state index in [1.165, 1.54) is 10.5 Å². The molecule has 2 unspecified atom stereocenters. The van der Waals surface area contributed by atoms with Crippen molar-refractivity contribution in [1.29, 1.82) is 0 Å². The first kappa shape index (κ1) is 16.3. The van der Waals surface area contributed by atoms with Crippen molar-refractivity contribution in [2.24, 2.45) is 0 Å². The van der Waals surface area contributed by atoms with Crippen LogP contribution in [0.15, 0.2) is 30.3 Å². The standard InChI is InChI=1S/C17H24N2O3/c1-19(11-10-16(20)21)17(22)18-15-9-5-8-14(12-15)13-6-3-2-4-7-13/h2-4,6-7,14-15H,5,8-12H2,1H3,(H,18,22)(H,20,21). The van der Waals surface area contributed by atoms with Gasteiger partial charge in [0.15, 0.2) is 0 Å². The second-order valence-electron chi connectivity index (χ2n) is 5.99. The van der Waals surface area contributed by atoms with E-state index in [2.05, 4.69) is 29.6 Å². The van der Waals surface area contributed by atoms with Crippen molar-refractivity contribution in [3.8, 4) is 0 Å². The van der Waals surface area contributed by atoms with E-state index in [-0.39, 0.29) is 25.0 Å². The topological polar surface area (TPSA) is 69.6 Å². The van der Waals surface area contributed by atoms with Crippen LogP contribution in [0.5, 0.6) is 0 Å². The average Bonchev–Trinajstić information content (AvgIpc) is 2.53. The number of benzene rings is 1. The fraction of sp³-hybridized carbons (Fsp3) is 0.529. The van der Waals surface area contributed by atoms with Gasteiger partial charge >= 0.3 is 12.0 Å². The van der Waals surface area contributed by atoms with Crippen LogP contribution in [-0.4, -0.2) is 41.6 Å². The zero-order chi connectivity index (χ0) is 15.9. The number of amides is 2. The summed E-state index contributed by atoms with van der Waals surface area (Å²) in [6, 6.07) is 10.4. The van der Waals surface area contributed by atoms with Gasteiger partial charge in [0.1, 0.15) is 0 Å². The lowest BCUT2D eigenvalue weighted by Gasteiger charge is -2.31. The molecule has 1 aromatic carbocycles. The molecule has 0 spiro atoms. The average molecular weight is 304 g/mol.